The molecule has 47 heavy (non-hydrogen) atoms. The Morgan fingerprint density at radius 2 is 0.957 bits per heavy atom. The summed E-state index contributed by atoms with van der Waals surface area (Å²) in [5.74, 6) is 0. The third-order valence-corrected chi connectivity index (χ3v) is 8.29. The molecule has 0 aliphatic carbocycles. The van der Waals surface area contributed by atoms with Crippen molar-refractivity contribution in [2.24, 2.45) is 0 Å². The molecule has 0 radical (unpaired) electrons. The summed E-state index contributed by atoms with van der Waals surface area (Å²) >= 11 is 0. The quantitative estimate of drug-likeness (QED) is 0.180. The first-order valence-electron chi connectivity index (χ1n) is 25.0. The van der Waals surface area contributed by atoms with Gasteiger partial charge in [0.1, 0.15) is 11.2 Å². The Morgan fingerprint density at radius 1 is 0.383 bits per heavy atom. The van der Waals surface area contributed by atoms with Crippen LogP contribution in [0.5, 0.6) is 0 Å². The highest BCUT2D eigenvalue weighted by Gasteiger charge is 2.19. The van der Waals surface area contributed by atoms with E-state index in [1.54, 1.807) is 30.3 Å². The summed E-state index contributed by atoms with van der Waals surface area (Å²) in [5, 5.41) is -2.87. The number of hydrogen-bond acceptors (Lipinski definition) is 1. The largest absolute Gasteiger partial charge is 0.456 e. The fraction of sp³-hybridized carbons (Fsp3) is 0. The van der Waals surface area contributed by atoms with Crippen molar-refractivity contribution in [1.82, 2.24) is 0 Å². The molecule has 0 fully saturated rings. The Kier molecular flexibility index (Phi) is 2.79. The van der Waals surface area contributed by atoms with Gasteiger partial charge in [0.05, 0.1) is 28.8 Å². The van der Waals surface area contributed by atoms with E-state index in [9.17, 15) is 13.7 Å². The van der Waals surface area contributed by atoms with Crippen molar-refractivity contribution in [2.45, 2.75) is 0 Å². The van der Waals surface area contributed by atoms with Crippen molar-refractivity contribution in [3.8, 4) is 33.4 Å². The van der Waals surface area contributed by atoms with E-state index in [0.717, 1.165) is 5.39 Å². The van der Waals surface area contributed by atoms with Gasteiger partial charge in [-0.15, -0.1) is 0 Å². The normalized spacial score (nSPS) is 18.1. The molecule has 218 valence electrons. The van der Waals surface area contributed by atoms with Gasteiger partial charge in [-0.3, -0.25) is 0 Å². The van der Waals surface area contributed by atoms with Gasteiger partial charge in [-0.2, -0.15) is 0 Å². The Hall–Kier alpha value is -6.18. The van der Waals surface area contributed by atoms with Crippen LogP contribution in [0.1, 0.15) is 28.8 Å². The van der Waals surface area contributed by atoms with Crippen LogP contribution in [-0.2, 0) is 0 Å². The smallest absolute Gasteiger partial charge is 0.136 e. The zero-order valence-corrected chi connectivity index (χ0v) is 23.9. The summed E-state index contributed by atoms with van der Waals surface area (Å²) in [5.41, 5.74) is -1.54. The first-order valence-corrected chi connectivity index (χ1v) is 14.5. The van der Waals surface area contributed by atoms with E-state index in [2.05, 4.69) is 0 Å². The van der Waals surface area contributed by atoms with E-state index in [1.807, 2.05) is 12.1 Å². The SMILES string of the molecule is [2H]c1c([2H])c([2H])c2c([2H])c(-c3c4c([2H])c([2H])c([2H])c([2H])c4c(-c4c([2H])c([2H])c(-c5ccc6c(c5)oc5ccccc56)c5c([2H])c([2H])c([2H])c([2H])c45)c4c([2H])c([2H])c([2H])c([2H])c34)c([2H])c([2H])c2c1[2H]. The van der Waals surface area contributed by atoms with Gasteiger partial charge in [-0.25, -0.2) is 0 Å². The van der Waals surface area contributed by atoms with Crippen molar-refractivity contribution >= 4 is 65.0 Å². The lowest BCUT2D eigenvalue weighted by Crippen LogP contribution is -1.92. The van der Waals surface area contributed by atoms with Gasteiger partial charge in [-0.1, -0.05) is 145 Å². The number of hydrogen-bond donors (Lipinski definition) is 0. The summed E-state index contributed by atoms with van der Waals surface area (Å²) in [6.07, 6.45) is 0. The second kappa shape index (κ2) is 10.2. The molecule has 1 heteroatoms. The Labute approximate surface area is 301 Å². The highest BCUT2D eigenvalue weighted by atomic mass is 16.3. The molecule has 1 nitrogen and oxygen atoms in total. The maximum atomic E-state index is 9.82. The predicted octanol–water partition coefficient (Wildman–Crippen LogP) is 13.2. The summed E-state index contributed by atoms with van der Waals surface area (Å²) in [4.78, 5) is 0. The molecule has 9 aromatic carbocycles. The highest BCUT2D eigenvalue weighted by molar-refractivity contribution is 6.24. The molecular weight excluding hydrogens is 569 g/mol. The van der Waals surface area contributed by atoms with Gasteiger partial charge in [0.15, 0.2) is 0 Å². The molecule has 0 amide bonds. The van der Waals surface area contributed by atoms with Crippen LogP contribution in [0.2, 0.25) is 0 Å². The first kappa shape index (κ1) is 12.9. The zero-order valence-electron chi connectivity index (χ0n) is 44.9. The van der Waals surface area contributed by atoms with E-state index in [1.165, 1.54) is 0 Å². The highest BCUT2D eigenvalue weighted by Crippen LogP contribution is 2.47. The Bertz CT molecular complexity index is 3960. The van der Waals surface area contributed by atoms with E-state index >= 15 is 0 Å². The Morgan fingerprint density at radius 3 is 1.70 bits per heavy atom. The van der Waals surface area contributed by atoms with Crippen LogP contribution < -0.4 is 0 Å². The maximum Gasteiger partial charge on any atom is 0.136 e. The number of para-hydroxylation sites is 1. The van der Waals surface area contributed by atoms with Gasteiger partial charge >= 0.3 is 0 Å². The molecule has 1 heterocycles. The average molecular weight is 618 g/mol. The van der Waals surface area contributed by atoms with E-state index in [-0.39, 0.29) is 16.5 Å². The van der Waals surface area contributed by atoms with Crippen LogP contribution in [0.25, 0.3) is 98.4 Å². The number of furan rings is 1. The lowest BCUT2D eigenvalue weighted by molar-refractivity contribution is 0.669. The molecule has 0 spiro atoms. The monoisotopic (exact) mass is 617 g/mol. The molecule has 1 aromatic heterocycles. The molecular formula is C46H28O. The fourth-order valence-corrected chi connectivity index (χ4v) is 6.25. The van der Waals surface area contributed by atoms with Crippen molar-refractivity contribution in [1.29, 1.82) is 0 Å². The van der Waals surface area contributed by atoms with Crippen molar-refractivity contribution in [3.63, 3.8) is 0 Å². The van der Waals surface area contributed by atoms with Gasteiger partial charge in [-0.05, 0) is 101 Å². The minimum atomic E-state index is -0.905. The van der Waals surface area contributed by atoms with Crippen LogP contribution in [0.15, 0.2) is 174 Å². The molecule has 0 bridgehead atoms. The van der Waals surface area contributed by atoms with Gasteiger partial charge < -0.3 is 4.42 Å². The van der Waals surface area contributed by atoms with Crippen LogP contribution in [0.3, 0.4) is 0 Å². The molecule has 10 rings (SSSR count). The second-order valence-corrected chi connectivity index (χ2v) is 10.8. The van der Waals surface area contributed by atoms with E-state index < -0.39 is 187 Å². The minimum absolute atomic E-state index is 0.154. The van der Waals surface area contributed by atoms with Crippen LogP contribution in [0.4, 0.5) is 0 Å². The number of benzene rings is 9. The molecule has 0 saturated carbocycles. The lowest BCUT2D eigenvalue weighted by Gasteiger charge is -2.20. The lowest BCUT2D eigenvalue weighted by atomic mass is 9.83. The van der Waals surface area contributed by atoms with Crippen molar-refractivity contribution < 1.29 is 33.2 Å². The summed E-state index contributed by atoms with van der Waals surface area (Å²) in [6.45, 7) is 0. The third kappa shape index (κ3) is 3.97. The molecule has 0 unspecified atom stereocenters. The molecule has 0 N–H and O–H groups in total. The molecule has 0 aliphatic heterocycles. The average Bonchev–Trinajstić information content (AvgIpc) is 3.70. The minimum Gasteiger partial charge on any atom is -0.456 e. The topological polar surface area (TPSA) is 13.1 Å². The van der Waals surface area contributed by atoms with E-state index in [4.69, 9.17) is 19.5 Å². The second-order valence-electron chi connectivity index (χ2n) is 10.8. The maximum absolute atomic E-state index is 9.82. The molecule has 0 atom stereocenters. The van der Waals surface area contributed by atoms with Crippen LogP contribution in [0, 0.1) is 0 Å². The molecule has 0 aliphatic rings. The number of rotatable bonds is 3. The molecule has 10 aromatic rings. The van der Waals surface area contributed by atoms with Crippen molar-refractivity contribution in [3.05, 3.63) is 169 Å². The summed E-state index contributed by atoms with van der Waals surface area (Å²) in [7, 11) is 0. The third-order valence-electron chi connectivity index (χ3n) is 8.29. The van der Waals surface area contributed by atoms with Crippen LogP contribution in [-0.4, -0.2) is 0 Å². The summed E-state index contributed by atoms with van der Waals surface area (Å²) < 4.78 is 197. The number of fused-ring (bicyclic) bond motifs is 7. The van der Waals surface area contributed by atoms with Crippen molar-refractivity contribution in [2.75, 3.05) is 0 Å². The summed E-state index contributed by atoms with van der Waals surface area (Å²) in [6, 6.07) is -5.30. The fourth-order valence-electron chi connectivity index (χ4n) is 6.25. The Balaban J connectivity index is 1.50. The van der Waals surface area contributed by atoms with Gasteiger partial charge in [0.25, 0.3) is 0 Å². The van der Waals surface area contributed by atoms with Gasteiger partial charge in [0.2, 0.25) is 0 Å². The van der Waals surface area contributed by atoms with Crippen LogP contribution >= 0.6 is 0 Å². The first-order chi connectivity index (χ1) is 32.1. The van der Waals surface area contributed by atoms with E-state index in [0.29, 0.717) is 16.6 Å². The predicted molar refractivity (Wildman–Crippen MR) is 200 cm³/mol. The molecule has 0 saturated heterocycles. The standard InChI is InChI=1S/C46H28O/c1-2-12-30-27-32(22-21-29(30)11-1)45-38-16-5-7-18-40(38)46(41-19-8-6-17-39(41)45)42-26-25-33(34-13-3-4-14-35(34)42)31-23-24-37-36-15-9-10-20-43(36)47-44(37)28-31/h1-28H/i1D,2D,3D,4D,5D,6D,7D,8D,11D,12D,13D,14D,16D,17D,18D,19D,21D,22D,25D,26D,27D. The zero-order chi connectivity index (χ0) is 49.2. The van der Waals surface area contributed by atoms with Gasteiger partial charge in [0, 0.05) is 10.8 Å².